The summed E-state index contributed by atoms with van der Waals surface area (Å²) >= 11 is 1.28. The fraction of sp³-hybridized carbons (Fsp3) is 1.00. The minimum absolute atomic E-state index is 0.289. The van der Waals surface area contributed by atoms with E-state index in [0.29, 0.717) is 13.1 Å². The van der Waals surface area contributed by atoms with Crippen LogP contribution in [0.5, 0.6) is 0 Å². The van der Waals surface area contributed by atoms with Crippen molar-refractivity contribution in [2.24, 2.45) is 0 Å². The predicted octanol–water partition coefficient (Wildman–Crippen LogP) is 0.315. The molecule has 6 heteroatoms. The molecule has 0 saturated carbocycles. The monoisotopic (exact) mass is 211 g/mol. The third-order valence-corrected chi connectivity index (χ3v) is 3.54. The maximum atomic E-state index is 11.0. The summed E-state index contributed by atoms with van der Waals surface area (Å²) in [4.78, 5) is 0. The summed E-state index contributed by atoms with van der Waals surface area (Å²) in [6.07, 6.45) is 3.04. The van der Waals surface area contributed by atoms with Gasteiger partial charge in [0.15, 0.2) is 0 Å². The first-order chi connectivity index (χ1) is 5.37. The number of nitrogens with zero attached hydrogens (tertiary/aromatic N) is 1. The van der Waals surface area contributed by atoms with Crippen LogP contribution in [0.1, 0.15) is 6.92 Å². The van der Waals surface area contributed by atoms with Crippen molar-refractivity contribution in [3.05, 3.63) is 0 Å². The van der Waals surface area contributed by atoms with Gasteiger partial charge in [0, 0.05) is 19.3 Å². The molecule has 0 bridgehead atoms. The fourth-order valence-corrected chi connectivity index (χ4v) is 2.71. The SMILES string of the molecule is CSOC1(C)CN(S(C)(=O)=O)C1. The van der Waals surface area contributed by atoms with E-state index in [9.17, 15) is 8.42 Å². The molecule has 0 amide bonds. The molecule has 1 aliphatic rings. The highest BCUT2D eigenvalue weighted by Crippen LogP contribution is 2.29. The lowest BCUT2D eigenvalue weighted by atomic mass is 10.0. The van der Waals surface area contributed by atoms with Crippen LogP contribution >= 0.6 is 12.0 Å². The van der Waals surface area contributed by atoms with Crippen molar-refractivity contribution in [3.63, 3.8) is 0 Å². The molecular weight excluding hydrogens is 198 g/mol. The maximum absolute atomic E-state index is 11.0. The average Bonchev–Trinajstić information content (AvgIpc) is 1.81. The molecule has 72 valence electrons. The van der Waals surface area contributed by atoms with E-state index in [0.717, 1.165) is 0 Å². The lowest BCUT2D eigenvalue weighted by Crippen LogP contribution is -2.61. The quantitative estimate of drug-likeness (QED) is 0.631. The van der Waals surface area contributed by atoms with E-state index >= 15 is 0 Å². The Morgan fingerprint density at radius 3 is 2.33 bits per heavy atom. The second-order valence-electron chi connectivity index (χ2n) is 3.23. The van der Waals surface area contributed by atoms with Gasteiger partial charge in [0.05, 0.1) is 6.26 Å². The van der Waals surface area contributed by atoms with Crippen LogP contribution in [-0.4, -0.2) is 43.9 Å². The van der Waals surface area contributed by atoms with E-state index in [1.165, 1.54) is 22.6 Å². The topological polar surface area (TPSA) is 46.6 Å². The van der Waals surface area contributed by atoms with Crippen LogP contribution in [0.4, 0.5) is 0 Å². The van der Waals surface area contributed by atoms with E-state index in [1.54, 1.807) is 0 Å². The van der Waals surface area contributed by atoms with Crippen LogP contribution in [0.25, 0.3) is 0 Å². The van der Waals surface area contributed by atoms with Gasteiger partial charge < -0.3 is 4.18 Å². The summed E-state index contributed by atoms with van der Waals surface area (Å²) < 4.78 is 28.6. The molecule has 4 nitrogen and oxygen atoms in total. The Hall–Kier alpha value is 0.220. The lowest BCUT2D eigenvalue weighted by Gasteiger charge is -2.44. The van der Waals surface area contributed by atoms with Gasteiger partial charge in [0.2, 0.25) is 10.0 Å². The minimum Gasteiger partial charge on any atom is -0.307 e. The van der Waals surface area contributed by atoms with E-state index in [2.05, 4.69) is 0 Å². The molecule has 0 atom stereocenters. The Morgan fingerprint density at radius 2 is 2.00 bits per heavy atom. The molecule has 0 unspecified atom stereocenters. The highest BCUT2D eigenvalue weighted by molar-refractivity contribution is 7.94. The normalized spacial score (nSPS) is 23.6. The maximum Gasteiger partial charge on any atom is 0.211 e. The average molecular weight is 211 g/mol. The highest BCUT2D eigenvalue weighted by Gasteiger charge is 2.44. The van der Waals surface area contributed by atoms with Crippen molar-refractivity contribution in [3.8, 4) is 0 Å². The Labute approximate surface area is 77.5 Å². The number of hydrogen-bond donors (Lipinski definition) is 0. The Kier molecular flexibility index (Phi) is 2.72. The van der Waals surface area contributed by atoms with Gasteiger partial charge in [-0.3, -0.25) is 0 Å². The van der Waals surface area contributed by atoms with Crippen LogP contribution in [0.2, 0.25) is 0 Å². The summed E-state index contributed by atoms with van der Waals surface area (Å²) in [5, 5.41) is 0. The van der Waals surface area contributed by atoms with Crippen molar-refractivity contribution in [2.75, 3.05) is 25.6 Å². The molecule has 0 aliphatic carbocycles. The first-order valence-corrected chi connectivity index (χ1v) is 6.54. The zero-order valence-electron chi connectivity index (χ0n) is 7.40. The lowest BCUT2D eigenvalue weighted by molar-refractivity contribution is -0.00251. The highest BCUT2D eigenvalue weighted by atomic mass is 32.2. The minimum atomic E-state index is -3.01. The molecular formula is C6H13NO3S2. The summed E-state index contributed by atoms with van der Waals surface area (Å²) in [6.45, 7) is 2.84. The van der Waals surface area contributed by atoms with E-state index in [4.69, 9.17) is 4.18 Å². The van der Waals surface area contributed by atoms with Crippen molar-refractivity contribution in [1.29, 1.82) is 0 Å². The van der Waals surface area contributed by atoms with Gasteiger partial charge in [-0.15, -0.1) is 0 Å². The standard InChI is InChI=1S/C6H13NO3S2/c1-6(10-11-2)4-7(5-6)12(3,8)9/h4-5H2,1-3H3. The molecule has 0 aromatic heterocycles. The number of rotatable bonds is 3. The molecule has 0 spiro atoms. The molecule has 0 aromatic carbocycles. The van der Waals surface area contributed by atoms with Gasteiger partial charge in [0.1, 0.15) is 5.60 Å². The molecule has 12 heavy (non-hydrogen) atoms. The van der Waals surface area contributed by atoms with Crippen molar-refractivity contribution in [1.82, 2.24) is 4.31 Å². The molecule has 1 heterocycles. The van der Waals surface area contributed by atoms with E-state index in [1.807, 2.05) is 13.2 Å². The molecule has 1 aliphatic heterocycles. The molecule has 1 saturated heterocycles. The van der Waals surface area contributed by atoms with Crippen LogP contribution in [0.3, 0.4) is 0 Å². The van der Waals surface area contributed by atoms with Gasteiger partial charge in [-0.05, 0) is 19.0 Å². The second kappa shape index (κ2) is 3.17. The number of sulfonamides is 1. The molecule has 1 fully saturated rings. The Balaban J connectivity index is 2.47. The zero-order chi connectivity index (χ0) is 9.41. The molecule has 0 N–H and O–H groups in total. The second-order valence-corrected chi connectivity index (χ2v) is 5.71. The van der Waals surface area contributed by atoms with Gasteiger partial charge in [0.25, 0.3) is 0 Å². The van der Waals surface area contributed by atoms with Crippen LogP contribution in [0, 0.1) is 0 Å². The Bertz CT molecular complexity index is 256. The Morgan fingerprint density at radius 1 is 1.50 bits per heavy atom. The third-order valence-electron chi connectivity index (χ3n) is 1.78. The van der Waals surface area contributed by atoms with Gasteiger partial charge in [-0.25, -0.2) is 8.42 Å². The first kappa shape index (κ1) is 10.3. The molecule has 1 rings (SSSR count). The first-order valence-electron chi connectivity index (χ1n) is 3.54. The summed E-state index contributed by atoms with van der Waals surface area (Å²) in [6, 6.07) is 0. The third kappa shape index (κ3) is 2.12. The smallest absolute Gasteiger partial charge is 0.211 e. The largest absolute Gasteiger partial charge is 0.307 e. The van der Waals surface area contributed by atoms with Crippen LogP contribution < -0.4 is 0 Å². The predicted molar refractivity (Wildman–Crippen MR) is 49.4 cm³/mol. The molecule has 0 radical (unpaired) electrons. The van der Waals surface area contributed by atoms with E-state index < -0.39 is 10.0 Å². The fourth-order valence-electron chi connectivity index (χ4n) is 1.19. The van der Waals surface area contributed by atoms with Crippen molar-refractivity contribution >= 4 is 22.1 Å². The van der Waals surface area contributed by atoms with Crippen LogP contribution in [0.15, 0.2) is 0 Å². The van der Waals surface area contributed by atoms with Crippen molar-refractivity contribution < 1.29 is 12.6 Å². The summed E-state index contributed by atoms with van der Waals surface area (Å²) in [7, 11) is -3.01. The van der Waals surface area contributed by atoms with Crippen LogP contribution in [-0.2, 0) is 14.2 Å². The van der Waals surface area contributed by atoms with Gasteiger partial charge >= 0.3 is 0 Å². The van der Waals surface area contributed by atoms with Crippen molar-refractivity contribution in [2.45, 2.75) is 12.5 Å². The zero-order valence-corrected chi connectivity index (χ0v) is 9.04. The van der Waals surface area contributed by atoms with Gasteiger partial charge in [-0.1, -0.05) is 0 Å². The van der Waals surface area contributed by atoms with E-state index in [-0.39, 0.29) is 5.60 Å². The summed E-state index contributed by atoms with van der Waals surface area (Å²) in [5.41, 5.74) is -0.289. The van der Waals surface area contributed by atoms with Gasteiger partial charge in [-0.2, -0.15) is 4.31 Å². The number of hydrogen-bond acceptors (Lipinski definition) is 4. The molecule has 0 aromatic rings. The summed E-state index contributed by atoms with van der Waals surface area (Å²) in [5.74, 6) is 0.